The summed E-state index contributed by atoms with van der Waals surface area (Å²) in [6.45, 7) is 6.72. The minimum absolute atomic E-state index is 0.225. The summed E-state index contributed by atoms with van der Waals surface area (Å²) in [7, 11) is 5.23. The van der Waals surface area contributed by atoms with Crippen LogP contribution in [0, 0.1) is 0 Å². The van der Waals surface area contributed by atoms with Gasteiger partial charge >= 0.3 is 0 Å². The molecule has 24 heavy (non-hydrogen) atoms. The van der Waals surface area contributed by atoms with Gasteiger partial charge in [-0.3, -0.25) is 4.99 Å². The Bertz CT molecular complexity index is 560. The molecule has 0 bridgehead atoms. The van der Waals surface area contributed by atoms with E-state index in [1.54, 1.807) is 21.3 Å². The first-order chi connectivity index (χ1) is 11.5. The number of hydrogen-bond donors (Lipinski definition) is 2. The number of nitrogens with one attached hydrogen (secondary N) is 2. The highest BCUT2D eigenvalue weighted by atomic mass is 16.5. The van der Waals surface area contributed by atoms with Crippen LogP contribution < -0.4 is 20.3 Å². The van der Waals surface area contributed by atoms with Crippen LogP contribution in [0.3, 0.4) is 0 Å². The molecule has 1 aromatic carbocycles. The van der Waals surface area contributed by atoms with E-state index in [4.69, 9.17) is 9.47 Å². The van der Waals surface area contributed by atoms with E-state index >= 15 is 0 Å². The number of aliphatic imine (C=N–C) groups is 1. The maximum Gasteiger partial charge on any atom is 0.191 e. The zero-order valence-electron chi connectivity index (χ0n) is 15.4. The molecule has 2 rings (SSSR count). The fraction of sp³-hybridized carbons (Fsp3) is 0.611. The molecule has 1 unspecified atom stereocenters. The van der Waals surface area contributed by atoms with Gasteiger partial charge in [0, 0.05) is 39.8 Å². The molecule has 1 aliphatic rings. The lowest BCUT2D eigenvalue weighted by Crippen LogP contribution is -2.49. The molecule has 0 saturated carbocycles. The zero-order valence-corrected chi connectivity index (χ0v) is 15.4. The summed E-state index contributed by atoms with van der Waals surface area (Å²) >= 11 is 0. The summed E-state index contributed by atoms with van der Waals surface area (Å²) in [4.78, 5) is 6.67. The highest BCUT2D eigenvalue weighted by molar-refractivity contribution is 5.80. The molecule has 1 atom stereocenters. The number of benzene rings is 1. The van der Waals surface area contributed by atoms with Crippen LogP contribution in [-0.2, 0) is 4.74 Å². The van der Waals surface area contributed by atoms with Crippen LogP contribution in [-0.4, -0.2) is 58.5 Å². The van der Waals surface area contributed by atoms with Crippen LogP contribution in [0.4, 0.5) is 5.69 Å². The molecule has 2 N–H and O–H groups in total. The highest BCUT2D eigenvalue weighted by Gasteiger charge is 2.25. The maximum absolute atomic E-state index is 5.47. The van der Waals surface area contributed by atoms with Gasteiger partial charge in [-0.15, -0.1) is 0 Å². The molecule has 0 aliphatic carbocycles. The molecule has 6 nitrogen and oxygen atoms in total. The fourth-order valence-corrected chi connectivity index (χ4v) is 2.74. The van der Waals surface area contributed by atoms with Gasteiger partial charge in [0.15, 0.2) is 5.96 Å². The number of guanidine groups is 1. The Morgan fingerprint density at radius 2 is 2.08 bits per heavy atom. The van der Waals surface area contributed by atoms with E-state index in [0.717, 1.165) is 36.9 Å². The topological polar surface area (TPSA) is 58.1 Å². The lowest BCUT2D eigenvalue weighted by molar-refractivity contribution is 0.0268. The Balaban J connectivity index is 1.91. The van der Waals surface area contributed by atoms with Gasteiger partial charge in [0.1, 0.15) is 5.75 Å². The van der Waals surface area contributed by atoms with E-state index in [2.05, 4.69) is 26.6 Å². The Morgan fingerprint density at radius 3 is 2.75 bits per heavy atom. The Kier molecular flexibility index (Phi) is 6.31. The lowest BCUT2D eigenvalue weighted by atomic mass is 10.1. The monoisotopic (exact) mass is 334 g/mol. The molecular formula is C18H30N4O2. The van der Waals surface area contributed by atoms with Crippen LogP contribution in [0.2, 0.25) is 0 Å². The molecule has 0 spiro atoms. The summed E-state index contributed by atoms with van der Waals surface area (Å²) in [6.07, 6.45) is 1.06. The van der Waals surface area contributed by atoms with Crippen molar-refractivity contribution in [2.75, 3.05) is 45.8 Å². The molecule has 1 aliphatic heterocycles. The number of nitrogens with zero attached hydrogens (tertiary/aromatic N) is 2. The van der Waals surface area contributed by atoms with Crippen molar-refractivity contribution in [1.82, 2.24) is 10.6 Å². The molecule has 134 valence electrons. The first-order valence-corrected chi connectivity index (χ1v) is 8.39. The van der Waals surface area contributed by atoms with E-state index in [9.17, 15) is 0 Å². The second-order valence-corrected chi connectivity index (χ2v) is 6.64. The van der Waals surface area contributed by atoms with E-state index in [-0.39, 0.29) is 5.60 Å². The molecule has 1 saturated heterocycles. The minimum atomic E-state index is -0.225. The number of anilines is 1. The summed E-state index contributed by atoms with van der Waals surface area (Å²) in [5.41, 5.74) is 0.921. The van der Waals surface area contributed by atoms with Crippen molar-refractivity contribution in [2.45, 2.75) is 31.9 Å². The third-order valence-electron chi connectivity index (χ3n) is 4.41. The van der Waals surface area contributed by atoms with E-state index < -0.39 is 0 Å². The van der Waals surface area contributed by atoms with Crippen molar-refractivity contribution in [1.29, 1.82) is 0 Å². The summed E-state index contributed by atoms with van der Waals surface area (Å²) < 4.78 is 10.9. The number of para-hydroxylation sites is 2. The fourth-order valence-electron chi connectivity index (χ4n) is 2.74. The van der Waals surface area contributed by atoms with Crippen molar-refractivity contribution < 1.29 is 9.47 Å². The van der Waals surface area contributed by atoms with Gasteiger partial charge < -0.3 is 25.0 Å². The first kappa shape index (κ1) is 18.4. The Labute approximate surface area is 145 Å². The van der Waals surface area contributed by atoms with Gasteiger partial charge in [-0.05, 0) is 32.4 Å². The average Bonchev–Trinajstić information content (AvgIpc) is 3.06. The predicted octanol–water partition coefficient (Wildman–Crippen LogP) is 1.86. The molecule has 0 radical (unpaired) electrons. The molecule has 6 heteroatoms. The van der Waals surface area contributed by atoms with Crippen LogP contribution >= 0.6 is 0 Å². The lowest BCUT2D eigenvalue weighted by Gasteiger charge is -2.26. The molecule has 1 fully saturated rings. The van der Waals surface area contributed by atoms with Crippen molar-refractivity contribution in [2.24, 2.45) is 4.99 Å². The third kappa shape index (κ3) is 4.77. The van der Waals surface area contributed by atoms with Gasteiger partial charge in [-0.25, -0.2) is 0 Å². The van der Waals surface area contributed by atoms with Gasteiger partial charge in [0.25, 0.3) is 0 Å². The number of rotatable bonds is 6. The zero-order chi connectivity index (χ0) is 17.6. The normalized spacial score (nSPS) is 18.6. The third-order valence-corrected chi connectivity index (χ3v) is 4.41. The second-order valence-electron chi connectivity index (χ2n) is 6.64. The number of hydrogen-bond acceptors (Lipinski definition) is 4. The predicted molar refractivity (Wildman–Crippen MR) is 99.2 cm³/mol. The van der Waals surface area contributed by atoms with Crippen LogP contribution in [0.1, 0.15) is 20.3 Å². The average molecular weight is 334 g/mol. The van der Waals surface area contributed by atoms with Gasteiger partial charge in [0.2, 0.25) is 0 Å². The summed E-state index contributed by atoms with van der Waals surface area (Å²) in [5, 5.41) is 6.84. The summed E-state index contributed by atoms with van der Waals surface area (Å²) in [6, 6.07) is 8.51. The van der Waals surface area contributed by atoms with Gasteiger partial charge in [-0.1, -0.05) is 12.1 Å². The van der Waals surface area contributed by atoms with Crippen molar-refractivity contribution in [3.63, 3.8) is 0 Å². The van der Waals surface area contributed by atoms with Crippen LogP contribution in [0.15, 0.2) is 29.3 Å². The van der Waals surface area contributed by atoms with Gasteiger partial charge in [0.05, 0.1) is 18.4 Å². The van der Waals surface area contributed by atoms with Crippen LogP contribution in [0.25, 0.3) is 0 Å². The SMILES string of the molecule is CN=C(NCC(C)(C)OC)NC1CCN(c2ccccc2OC)C1. The Morgan fingerprint density at radius 1 is 1.33 bits per heavy atom. The molecular weight excluding hydrogens is 304 g/mol. The Hall–Kier alpha value is -1.95. The minimum Gasteiger partial charge on any atom is -0.495 e. The molecule has 1 aromatic rings. The molecule has 0 aromatic heterocycles. The smallest absolute Gasteiger partial charge is 0.191 e. The van der Waals surface area contributed by atoms with Crippen molar-refractivity contribution in [3.05, 3.63) is 24.3 Å². The quantitative estimate of drug-likeness (QED) is 0.614. The summed E-state index contributed by atoms with van der Waals surface area (Å²) in [5.74, 6) is 1.73. The standard InChI is InChI=1S/C18H30N4O2/c1-18(2,24-5)13-20-17(19-3)21-14-10-11-22(12-14)15-8-6-7-9-16(15)23-4/h6-9,14H,10-13H2,1-5H3,(H2,19,20,21). The molecule has 0 amide bonds. The van der Waals surface area contributed by atoms with E-state index in [1.165, 1.54) is 0 Å². The van der Waals surface area contributed by atoms with Crippen LogP contribution in [0.5, 0.6) is 5.75 Å². The van der Waals surface area contributed by atoms with Crippen molar-refractivity contribution >= 4 is 11.6 Å². The number of ether oxygens (including phenoxy) is 2. The maximum atomic E-state index is 5.47. The van der Waals surface area contributed by atoms with Gasteiger partial charge in [-0.2, -0.15) is 0 Å². The second kappa shape index (κ2) is 8.24. The number of methoxy groups -OCH3 is 2. The van der Waals surface area contributed by atoms with E-state index in [0.29, 0.717) is 12.6 Å². The highest BCUT2D eigenvalue weighted by Crippen LogP contribution is 2.30. The first-order valence-electron chi connectivity index (χ1n) is 8.39. The van der Waals surface area contributed by atoms with Crippen molar-refractivity contribution in [3.8, 4) is 5.75 Å². The largest absolute Gasteiger partial charge is 0.495 e. The van der Waals surface area contributed by atoms with E-state index in [1.807, 2.05) is 32.0 Å². The molecule has 1 heterocycles.